The average molecular weight is 556 g/mol. The zero-order chi connectivity index (χ0) is 28.3. The fraction of sp³-hybridized carbons (Fsp3) is 0.310. The molecule has 3 aromatic heterocycles. The first-order valence-corrected chi connectivity index (χ1v) is 13.7. The molecule has 5 N–H and O–H groups in total. The molecule has 4 aromatic rings. The van der Waals surface area contributed by atoms with Crippen molar-refractivity contribution >= 4 is 34.3 Å². The molecule has 41 heavy (non-hydrogen) atoms. The number of piperazine rings is 1. The van der Waals surface area contributed by atoms with E-state index in [1.807, 2.05) is 44.2 Å². The molecule has 6 rings (SSSR count). The third-order valence-electron chi connectivity index (χ3n) is 7.46. The smallest absolute Gasteiger partial charge is 0.263 e. The number of carbonyl (C=O) groups excluding carboxylic acids is 1. The van der Waals surface area contributed by atoms with E-state index in [1.165, 1.54) is 6.20 Å². The number of aromatic nitrogens is 4. The molecule has 0 radical (unpaired) electrons. The summed E-state index contributed by atoms with van der Waals surface area (Å²) in [5.41, 5.74) is 5.03. The van der Waals surface area contributed by atoms with Crippen LogP contribution in [0.25, 0.3) is 0 Å². The van der Waals surface area contributed by atoms with E-state index in [0.717, 1.165) is 55.4 Å². The van der Waals surface area contributed by atoms with E-state index in [4.69, 9.17) is 4.74 Å². The predicted octanol–water partition coefficient (Wildman–Crippen LogP) is 3.31. The third kappa shape index (κ3) is 5.73. The summed E-state index contributed by atoms with van der Waals surface area (Å²) in [4.78, 5) is 37.8. The lowest BCUT2D eigenvalue weighted by atomic mass is 10.1. The molecule has 0 saturated carbocycles. The molecule has 212 valence electrons. The molecule has 12 nitrogen and oxygen atoms in total. The van der Waals surface area contributed by atoms with Gasteiger partial charge in [0, 0.05) is 67.7 Å². The van der Waals surface area contributed by atoms with Crippen molar-refractivity contribution in [2.45, 2.75) is 26.5 Å². The Labute approximate surface area is 237 Å². The topological polar surface area (TPSA) is 143 Å². The third-order valence-corrected chi connectivity index (χ3v) is 7.46. The number of rotatable bonds is 7. The van der Waals surface area contributed by atoms with E-state index in [2.05, 4.69) is 45.9 Å². The summed E-state index contributed by atoms with van der Waals surface area (Å²) in [6.07, 6.45) is 4.95. The number of amides is 1. The van der Waals surface area contributed by atoms with E-state index in [1.54, 1.807) is 18.5 Å². The van der Waals surface area contributed by atoms with E-state index < -0.39 is 11.5 Å². The van der Waals surface area contributed by atoms with Crippen LogP contribution in [0.2, 0.25) is 0 Å². The van der Waals surface area contributed by atoms with Crippen LogP contribution in [0.1, 0.15) is 28.5 Å². The Balaban J connectivity index is 1.12. The minimum Gasteiger partial charge on any atom is -0.471 e. The van der Waals surface area contributed by atoms with Gasteiger partial charge in [0.15, 0.2) is 0 Å². The van der Waals surface area contributed by atoms with Crippen molar-refractivity contribution in [1.29, 1.82) is 0 Å². The van der Waals surface area contributed by atoms with E-state index in [9.17, 15) is 9.59 Å². The lowest BCUT2D eigenvalue weighted by Crippen LogP contribution is -2.46. The number of hydrogen-bond acceptors (Lipinski definition) is 9. The van der Waals surface area contributed by atoms with Crippen molar-refractivity contribution in [1.82, 2.24) is 25.1 Å². The molecular weight excluding hydrogens is 522 g/mol. The highest BCUT2D eigenvalue weighted by molar-refractivity contribution is 6.08. The summed E-state index contributed by atoms with van der Waals surface area (Å²) in [6.45, 7) is 9.15. The van der Waals surface area contributed by atoms with Gasteiger partial charge in [-0.3, -0.25) is 19.6 Å². The molecule has 2 aliphatic heterocycles. The van der Waals surface area contributed by atoms with E-state index in [-0.39, 0.29) is 11.7 Å². The van der Waals surface area contributed by atoms with Gasteiger partial charge in [-0.2, -0.15) is 5.10 Å². The quantitative estimate of drug-likeness (QED) is 0.232. The van der Waals surface area contributed by atoms with Crippen molar-refractivity contribution in [3.8, 4) is 5.88 Å². The zero-order valence-electron chi connectivity index (χ0n) is 23.0. The van der Waals surface area contributed by atoms with Gasteiger partial charge in [0.05, 0.1) is 24.1 Å². The molecule has 5 heterocycles. The van der Waals surface area contributed by atoms with Crippen LogP contribution < -0.4 is 31.1 Å². The Morgan fingerprint density at radius 2 is 1.90 bits per heavy atom. The van der Waals surface area contributed by atoms with Gasteiger partial charge in [-0.1, -0.05) is 0 Å². The molecule has 1 aromatic carbocycles. The summed E-state index contributed by atoms with van der Waals surface area (Å²) >= 11 is 0. The van der Waals surface area contributed by atoms with Gasteiger partial charge in [-0.25, -0.2) is 4.98 Å². The largest absolute Gasteiger partial charge is 0.471 e. The maximum atomic E-state index is 13.3. The first-order valence-electron chi connectivity index (χ1n) is 13.7. The van der Waals surface area contributed by atoms with Gasteiger partial charge in [-0.15, -0.1) is 0 Å². The SMILES string of the molecule is Cc1c(Nc2cc[nH]c(=O)c2C(=O)Nc2ccc(N3CCN(Cc4ccn[nH]4)CC3)cc2)cnc2c1NCC(C)O2. The van der Waals surface area contributed by atoms with Crippen molar-refractivity contribution < 1.29 is 9.53 Å². The van der Waals surface area contributed by atoms with Gasteiger partial charge < -0.3 is 30.6 Å². The molecule has 0 bridgehead atoms. The van der Waals surface area contributed by atoms with Gasteiger partial charge in [0.1, 0.15) is 17.4 Å². The van der Waals surface area contributed by atoms with E-state index >= 15 is 0 Å². The standard InChI is InChI=1S/C29H33N9O3/c1-18-15-31-26-19(2)24(16-32-29(26)41-18)35-23-8-9-30-27(39)25(23)28(40)34-20-3-5-22(6-4-20)38-13-11-37(12-14-38)17-21-7-10-33-36-21/h3-10,16,18,31H,11-15,17H2,1-2H3,(H,33,36)(H,34,40)(H2,30,35,39). The monoisotopic (exact) mass is 555 g/mol. The minimum atomic E-state index is -0.506. The van der Waals surface area contributed by atoms with Crippen LogP contribution in [-0.4, -0.2) is 69.8 Å². The lowest BCUT2D eigenvalue weighted by Gasteiger charge is -2.35. The Hall–Kier alpha value is -4.84. The Bertz CT molecular complexity index is 1580. The molecule has 0 spiro atoms. The number of anilines is 5. The second-order valence-electron chi connectivity index (χ2n) is 10.4. The lowest BCUT2D eigenvalue weighted by molar-refractivity contribution is 0.102. The van der Waals surface area contributed by atoms with Crippen LogP contribution in [-0.2, 0) is 6.54 Å². The number of benzene rings is 1. The van der Waals surface area contributed by atoms with Gasteiger partial charge in [0.2, 0.25) is 5.88 Å². The highest BCUT2D eigenvalue weighted by atomic mass is 16.5. The first-order chi connectivity index (χ1) is 19.9. The summed E-state index contributed by atoms with van der Waals surface area (Å²) in [6, 6.07) is 11.4. The van der Waals surface area contributed by atoms with Crippen LogP contribution in [0.5, 0.6) is 5.88 Å². The molecule has 1 fully saturated rings. The molecule has 1 amide bonds. The van der Waals surface area contributed by atoms with Crippen LogP contribution in [0.4, 0.5) is 28.4 Å². The predicted molar refractivity (Wildman–Crippen MR) is 158 cm³/mol. The summed E-state index contributed by atoms with van der Waals surface area (Å²) < 4.78 is 5.81. The summed E-state index contributed by atoms with van der Waals surface area (Å²) in [7, 11) is 0. The Morgan fingerprint density at radius 1 is 1.10 bits per heavy atom. The van der Waals surface area contributed by atoms with Gasteiger partial charge >= 0.3 is 0 Å². The molecule has 12 heteroatoms. The number of hydrogen-bond donors (Lipinski definition) is 5. The number of carbonyl (C=O) groups is 1. The fourth-order valence-corrected chi connectivity index (χ4v) is 5.16. The number of aromatic amines is 2. The second-order valence-corrected chi connectivity index (χ2v) is 10.4. The number of ether oxygens (including phenoxy) is 1. The number of pyridine rings is 2. The molecule has 1 atom stereocenters. The van der Waals surface area contributed by atoms with Crippen LogP contribution in [0.15, 0.2) is 59.8 Å². The Morgan fingerprint density at radius 3 is 2.66 bits per heavy atom. The summed E-state index contributed by atoms with van der Waals surface area (Å²) in [5, 5.41) is 16.5. The minimum absolute atomic E-state index is 0.0140. The van der Waals surface area contributed by atoms with Crippen LogP contribution in [0, 0.1) is 6.92 Å². The molecule has 1 unspecified atom stereocenters. The van der Waals surface area contributed by atoms with Crippen molar-refractivity contribution in [3.63, 3.8) is 0 Å². The number of H-pyrrole nitrogens is 2. The van der Waals surface area contributed by atoms with Crippen molar-refractivity contribution in [3.05, 3.63) is 82.2 Å². The number of fused-ring (bicyclic) bond motifs is 1. The van der Waals surface area contributed by atoms with Crippen molar-refractivity contribution in [2.75, 3.05) is 53.6 Å². The maximum absolute atomic E-state index is 13.3. The normalized spacial score (nSPS) is 16.8. The average Bonchev–Trinajstić information content (AvgIpc) is 3.48. The highest BCUT2D eigenvalue weighted by Gasteiger charge is 2.23. The van der Waals surface area contributed by atoms with Gasteiger partial charge in [-0.05, 0) is 50.2 Å². The van der Waals surface area contributed by atoms with Crippen LogP contribution in [0.3, 0.4) is 0 Å². The first kappa shape index (κ1) is 26.4. The van der Waals surface area contributed by atoms with Crippen molar-refractivity contribution in [2.24, 2.45) is 0 Å². The summed E-state index contributed by atoms with van der Waals surface area (Å²) in [5.74, 6) is 0.0310. The van der Waals surface area contributed by atoms with E-state index in [0.29, 0.717) is 29.5 Å². The second kappa shape index (κ2) is 11.3. The molecule has 1 saturated heterocycles. The Kier molecular flexibility index (Phi) is 7.30. The molecule has 2 aliphatic rings. The molecular formula is C29H33N9O3. The number of nitrogens with one attached hydrogen (secondary N) is 5. The zero-order valence-corrected chi connectivity index (χ0v) is 23.0. The molecule has 0 aliphatic carbocycles. The highest BCUT2D eigenvalue weighted by Crippen LogP contribution is 2.35. The fourth-order valence-electron chi connectivity index (χ4n) is 5.16. The van der Waals surface area contributed by atoms with Gasteiger partial charge in [0.25, 0.3) is 11.5 Å². The van der Waals surface area contributed by atoms with Crippen LogP contribution >= 0.6 is 0 Å². The maximum Gasteiger partial charge on any atom is 0.263 e. The number of nitrogens with zero attached hydrogens (tertiary/aromatic N) is 4.